The minimum atomic E-state index is -2.88. The van der Waals surface area contributed by atoms with Gasteiger partial charge in [0.25, 0.3) is 0 Å². The maximum Gasteiger partial charge on any atom is 0.387 e. The molecule has 0 fully saturated rings. The lowest BCUT2D eigenvalue weighted by Crippen LogP contribution is -2.52. The van der Waals surface area contributed by atoms with Crippen molar-refractivity contribution < 1.29 is 13.5 Å². The van der Waals surface area contributed by atoms with Crippen molar-refractivity contribution in [1.29, 1.82) is 0 Å². The van der Waals surface area contributed by atoms with Crippen LogP contribution < -0.4 is 15.8 Å². The molecule has 5 nitrogen and oxygen atoms in total. The van der Waals surface area contributed by atoms with E-state index in [1.807, 2.05) is 6.08 Å². The summed E-state index contributed by atoms with van der Waals surface area (Å²) in [7, 11) is 0. The van der Waals surface area contributed by atoms with Gasteiger partial charge in [0, 0.05) is 24.4 Å². The molecule has 25 heavy (non-hydrogen) atoms. The van der Waals surface area contributed by atoms with E-state index in [1.54, 1.807) is 12.1 Å². The fourth-order valence-electron chi connectivity index (χ4n) is 2.84. The number of nitrogens with one attached hydrogen (secondary N) is 1. The standard InChI is InChI=1S/C18H26F2N4O/c1-4-8-14-12-16(24(5-2)6-3)23-18(21,22-14)13-9-7-10-15(11-13)25-17(19)20/h7,9-12,17,22H,4-6,8,21H2,1-3H3. The van der Waals surface area contributed by atoms with Gasteiger partial charge in [-0.1, -0.05) is 25.5 Å². The molecule has 2 rings (SSSR count). The Morgan fingerprint density at radius 2 is 2.00 bits per heavy atom. The summed E-state index contributed by atoms with van der Waals surface area (Å²) >= 11 is 0. The zero-order valence-electron chi connectivity index (χ0n) is 14.9. The lowest BCUT2D eigenvalue weighted by Gasteiger charge is -2.36. The SMILES string of the molecule is CCCC1=CC(N(CC)CC)=NC(N)(c2cccc(OC(F)F)c2)N1. The highest BCUT2D eigenvalue weighted by Gasteiger charge is 2.32. The zero-order chi connectivity index (χ0) is 18.4. The average molecular weight is 352 g/mol. The Labute approximate surface area is 147 Å². The number of nitrogens with zero attached hydrogens (tertiary/aromatic N) is 2. The number of allylic oxidation sites excluding steroid dienone is 1. The Balaban J connectivity index is 2.41. The van der Waals surface area contributed by atoms with E-state index in [1.165, 1.54) is 12.1 Å². The normalized spacial score (nSPS) is 20.0. The van der Waals surface area contributed by atoms with Gasteiger partial charge in [-0.2, -0.15) is 8.78 Å². The maximum atomic E-state index is 12.5. The highest BCUT2D eigenvalue weighted by atomic mass is 19.3. The van der Waals surface area contributed by atoms with E-state index < -0.39 is 12.4 Å². The van der Waals surface area contributed by atoms with Crippen LogP contribution in [0.3, 0.4) is 0 Å². The van der Waals surface area contributed by atoms with Gasteiger partial charge >= 0.3 is 6.61 Å². The monoisotopic (exact) mass is 352 g/mol. The Kier molecular flexibility index (Phi) is 6.36. The molecule has 1 atom stereocenters. The van der Waals surface area contributed by atoms with Crippen LogP contribution in [-0.2, 0) is 5.79 Å². The van der Waals surface area contributed by atoms with Crippen LogP contribution in [0.2, 0.25) is 0 Å². The van der Waals surface area contributed by atoms with Crippen LogP contribution in [0.4, 0.5) is 8.78 Å². The number of likely N-dealkylation sites (N-methyl/N-ethyl adjacent to an activating group) is 1. The minimum Gasteiger partial charge on any atom is -0.435 e. The van der Waals surface area contributed by atoms with Crippen molar-refractivity contribution >= 4 is 5.84 Å². The highest BCUT2D eigenvalue weighted by Crippen LogP contribution is 2.27. The van der Waals surface area contributed by atoms with E-state index in [-0.39, 0.29) is 5.75 Å². The summed E-state index contributed by atoms with van der Waals surface area (Å²) in [5, 5.41) is 3.24. The van der Waals surface area contributed by atoms with Crippen molar-refractivity contribution in [1.82, 2.24) is 10.2 Å². The third-order valence-electron chi connectivity index (χ3n) is 4.05. The number of alkyl halides is 2. The number of benzene rings is 1. The number of halogens is 2. The summed E-state index contributed by atoms with van der Waals surface area (Å²) in [6.07, 6.45) is 3.78. The van der Waals surface area contributed by atoms with Gasteiger partial charge in [0.05, 0.1) is 0 Å². The highest BCUT2D eigenvalue weighted by molar-refractivity contribution is 5.94. The molecule has 1 aromatic carbocycles. The predicted molar refractivity (Wildman–Crippen MR) is 95.4 cm³/mol. The number of hydrogen-bond donors (Lipinski definition) is 2. The molecule has 0 amide bonds. The molecule has 0 radical (unpaired) electrons. The van der Waals surface area contributed by atoms with Crippen LogP contribution in [0.1, 0.15) is 39.2 Å². The first-order valence-electron chi connectivity index (χ1n) is 8.59. The average Bonchev–Trinajstić information content (AvgIpc) is 2.55. The number of nitrogens with two attached hydrogens (primary N) is 1. The van der Waals surface area contributed by atoms with Crippen molar-refractivity contribution in [3.8, 4) is 5.75 Å². The van der Waals surface area contributed by atoms with E-state index >= 15 is 0 Å². The van der Waals surface area contributed by atoms with Gasteiger partial charge in [0.1, 0.15) is 11.6 Å². The topological polar surface area (TPSA) is 62.9 Å². The lowest BCUT2D eigenvalue weighted by atomic mass is 10.0. The molecule has 0 bridgehead atoms. The molecular weight excluding hydrogens is 326 g/mol. The molecule has 1 aromatic rings. The number of ether oxygens (including phenoxy) is 1. The van der Waals surface area contributed by atoms with Gasteiger partial charge in [-0.15, -0.1) is 0 Å². The Morgan fingerprint density at radius 3 is 2.60 bits per heavy atom. The summed E-state index contributed by atoms with van der Waals surface area (Å²) in [6.45, 7) is 4.91. The van der Waals surface area contributed by atoms with Gasteiger partial charge in [0.15, 0.2) is 0 Å². The molecule has 3 N–H and O–H groups in total. The quantitative estimate of drug-likeness (QED) is 0.790. The van der Waals surface area contributed by atoms with Crippen LogP contribution in [0, 0.1) is 0 Å². The summed E-state index contributed by atoms with van der Waals surface area (Å²) in [4.78, 5) is 6.78. The number of rotatable bonds is 7. The molecule has 7 heteroatoms. The first kappa shape index (κ1) is 19.2. The Morgan fingerprint density at radius 1 is 1.28 bits per heavy atom. The van der Waals surface area contributed by atoms with Gasteiger partial charge in [0.2, 0.25) is 5.79 Å². The van der Waals surface area contributed by atoms with Crippen molar-refractivity contribution in [3.05, 3.63) is 41.6 Å². The maximum absolute atomic E-state index is 12.5. The van der Waals surface area contributed by atoms with Gasteiger partial charge < -0.3 is 15.0 Å². The fourth-order valence-corrected chi connectivity index (χ4v) is 2.84. The van der Waals surface area contributed by atoms with Crippen molar-refractivity contribution in [2.45, 2.75) is 46.0 Å². The smallest absolute Gasteiger partial charge is 0.387 e. The molecule has 0 saturated carbocycles. The van der Waals surface area contributed by atoms with Gasteiger partial charge in [-0.05, 0) is 38.5 Å². The largest absolute Gasteiger partial charge is 0.435 e. The number of amidine groups is 1. The summed E-state index contributed by atoms with van der Waals surface area (Å²) < 4.78 is 29.5. The fraction of sp³-hybridized carbons (Fsp3) is 0.500. The summed E-state index contributed by atoms with van der Waals surface area (Å²) in [5.74, 6) is -0.376. The lowest BCUT2D eigenvalue weighted by molar-refractivity contribution is -0.0499. The molecule has 1 aliphatic heterocycles. The molecule has 0 saturated heterocycles. The molecular formula is C18H26F2N4O. The second-order valence-corrected chi connectivity index (χ2v) is 5.86. The molecule has 138 valence electrons. The molecule has 1 aliphatic rings. The van der Waals surface area contributed by atoms with Crippen LogP contribution in [0.5, 0.6) is 5.75 Å². The Hall–Kier alpha value is -2.15. The summed E-state index contributed by atoms with van der Waals surface area (Å²) in [5.41, 5.74) is 8.07. The molecule has 0 aromatic heterocycles. The van der Waals surface area contributed by atoms with Crippen LogP contribution >= 0.6 is 0 Å². The van der Waals surface area contributed by atoms with Crippen LogP contribution in [-0.4, -0.2) is 30.4 Å². The van der Waals surface area contributed by atoms with E-state index in [0.29, 0.717) is 5.56 Å². The van der Waals surface area contributed by atoms with Crippen LogP contribution in [0.15, 0.2) is 41.0 Å². The first-order chi connectivity index (χ1) is 11.9. The molecule has 0 aliphatic carbocycles. The third-order valence-corrected chi connectivity index (χ3v) is 4.05. The van der Waals surface area contributed by atoms with Gasteiger partial charge in [-0.3, -0.25) is 5.73 Å². The van der Waals surface area contributed by atoms with E-state index in [0.717, 1.165) is 37.5 Å². The van der Waals surface area contributed by atoms with Crippen molar-refractivity contribution in [2.24, 2.45) is 10.7 Å². The summed E-state index contributed by atoms with van der Waals surface area (Å²) in [6, 6.07) is 6.36. The van der Waals surface area contributed by atoms with Crippen LogP contribution in [0.25, 0.3) is 0 Å². The van der Waals surface area contributed by atoms with Gasteiger partial charge in [-0.25, -0.2) is 4.99 Å². The third kappa shape index (κ3) is 4.69. The van der Waals surface area contributed by atoms with E-state index in [9.17, 15) is 8.78 Å². The van der Waals surface area contributed by atoms with E-state index in [4.69, 9.17) is 5.73 Å². The zero-order valence-corrected chi connectivity index (χ0v) is 14.9. The minimum absolute atomic E-state index is 0.0605. The second-order valence-electron chi connectivity index (χ2n) is 5.86. The van der Waals surface area contributed by atoms with Crippen molar-refractivity contribution in [2.75, 3.05) is 13.1 Å². The molecule has 1 heterocycles. The predicted octanol–water partition coefficient (Wildman–Crippen LogP) is 3.38. The first-order valence-corrected chi connectivity index (χ1v) is 8.59. The number of aliphatic imine (C=N–C) groups is 1. The Bertz CT molecular complexity index is 644. The van der Waals surface area contributed by atoms with Crippen molar-refractivity contribution in [3.63, 3.8) is 0 Å². The second kappa shape index (κ2) is 8.29. The number of hydrogen-bond acceptors (Lipinski definition) is 5. The van der Waals surface area contributed by atoms with E-state index in [2.05, 4.69) is 40.7 Å². The molecule has 0 spiro atoms. The molecule has 1 unspecified atom stereocenters.